The number of hydrogen-bond acceptors (Lipinski definition) is 2. The third-order valence-electron chi connectivity index (χ3n) is 4.33. The fourth-order valence-corrected chi connectivity index (χ4v) is 3.18. The van der Waals surface area contributed by atoms with Crippen molar-refractivity contribution in [3.05, 3.63) is 64.8 Å². The Bertz CT molecular complexity index is 889. The number of rotatable bonds is 8. The van der Waals surface area contributed by atoms with Gasteiger partial charge in [0.25, 0.3) is 0 Å². The van der Waals surface area contributed by atoms with Crippen LogP contribution in [0.15, 0.2) is 48.7 Å². The van der Waals surface area contributed by atoms with Gasteiger partial charge in [0.05, 0.1) is 6.61 Å². The fourth-order valence-electron chi connectivity index (χ4n) is 2.95. The highest BCUT2D eigenvalue weighted by atomic mass is 35.5. The summed E-state index contributed by atoms with van der Waals surface area (Å²) in [5, 5.41) is 4.89. The standard InChI is InChI=1S/C21H23ClN2O2/c1-15-13-17(22)8-9-20(15)26-12-4-7-21(25)23-11-10-16-14-24-19-6-3-2-5-18(16)19/h2-3,5-6,8-9,13-14,24H,4,7,10-12H2,1H3,(H,23,25). The van der Waals surface area contributed by atoms with Gasteiger partial charge in [0, 0.05) is 35.1 Å². The molecule has 0 saturated heterocycles. The normalized spacial score (nSPS) is 10.8. The molecule has 0 atom stereocenters. The number of para-hydroxylation sites is 1. The molecule has 4 nitrogen and oxygen atoms in total. The number of aromatic nitrogens is 1. The molecule has 0 bridgehead atoms. The van der Waals surface area contributed by atoms with Crippen LogP contribution in [0.1, 0.15) is 24.0 Å². The highest BCUT2D eigenvalue weighted by molar-refractivity contribution is 6.30. The maximum atomic E-state index is 12.0. The second-order valence-corrected chi connectivity index (χ2v) is 6.76. The fraction of sp³-hybridized carbons (Fsp3) is 0.286. The van der Waals surface area contributed by atoms with Crippen molar-refractivity contribution in [2.75, 3.05) is 13.2 Å². The van der Waals surface area contributed by atoms with Crippen LogP contribution in [0.4, 0.5) is 0 Å². The first-order valence-corrected chi connectivity index (χ1v) is 9.22. The van der Waals surface area contributed by atoms with Gasteiger partial charge in [0.2, 0.25) is 5.91 Å². The van der Waals surface area contributed by atoms with Crippen molar-refractivity contribution in [1.82, 2.24) is 10.3 Å². The minimum Gasteiger partial charge on any atom is -0.493 e. The van der Waals surface area contributed by atoms with Crippen LogP contribution in [0.2, 0.25) is 5.02 Å². The van der Waals surface area contributed by atoms with Crippen LogP contribution >= 0.6 is 11.6 Å². The van der Waals surface area contributed by atoms with Gasteiger partial charge in [-0.15, -0.1) is 0 Å². The van der Waals surface area contributed by atoms with Crippen LogP contribution in [0, 0.1) is 6.92 Å². The number of amides is 1. The van der Waals surface area contributed by atoms with Crippen molar-refractivity contribution >= 4 is 28.4 Å². The minimum atomic E-state index is 0.0567. The number of halogens is 1. The summed E-state index contributed by atoms with van der Waals surface area (Å²) < 4.78 is 5.71. The first-order chi connectivity index (χ1) is 12.6. The number of ether oxygens (including phenoxy) is 1. The lowest BCUT2D eigenvalue weighted by atomic mass is 10.1. The molecule has 26 heavy (non-hydrogen) atoms. The SMILES string of the molecule is Cc1cc(Cl)ccc1OCCCC(=O)NCCc1c[nH]c2ccccc12. The third-order valence-corrected chi connectivity index (χ3v) is 4.57. The van der Waals surface area contributed by atoms with E-state index < -0.39 is 0 Å². The Labute approximate surface area is 158 Å². The number of fused-ring (bicyclic) bond motifs is 1. The molecule has 0 aliphatic rings. The molecule has 2 aromatic carbocycles. The number of hydrogen-bond donors (Lipinski definition) is 2. The average Bonchev–Trinajstić information content (AvgIpc) is 3.03. The quantitative estimate of drug-likeness (QED) is 0.567. The molecule has 1 heterocycles. The zero-order valence-electron chi connectivity index (χ0n) is 14.8. The molecule has 5 heteroatoms. The van der Waals surface area contributed by atoms with E-state index in [0.29, 0.717) is 31.0 Å². The number of nitrogens with one attached hydrogen (secondary N) is 2. The Kier molecular flexibility index (Phi) is 6.18. The molecule has 2 N–H and O–H groups in total. The van der Waals surface area contributed by atoms with E-state index in [9.17, 15) is 4.79 Å². The first-order valence-electron chi connectivity index (χ1n) is 8.84. The van der Waals surface area contributed by atoms with E-state index in [1.165, 1.54) is 10.9 Å². The number of carbonyl (C=O) groups is 1. The van der Waals surface area contributed by atoms with Crippen LogP contribution in [-0.4, -0.2) is 24.0 Å². The van der Waals surface area contributed by atoms with Crippen LogP contribution in [0.3, 0.4) is 0 Å². The van der Waals surface area contributed by atoms with Crippen LogP contribution < -0.4 is 10.1 Å². The summed E-state index contributed by atoms with van der Waals surface area (Å²) in [6.07, 6.45) is 3.97. The lowest BCUT2D eigenvalue weighted by Crippen LogP contribution is -2.25. The second kappa shape index (κ2) is 8.77. The predicted molar refractivity (Wildman–Crippen MR) is 106 cm³/mol. The molecule has 0 radical (unpaired) electrons. The summed E-state index contributed by atoms with van der Waals surface area (Å²) in [6, 6.07) is 13.7. The summed E-state index contributed by atoms with van der Waals surface area (Å²) in [6.45, 7) is 3.11. The molecule has 0 saturated carbocycles. The summed E-state index contributed by atoms with van der Waals surface area (Å²) in [5.74, 6) is 0.871. The van der Waals surface area contributed by atoms with E-state index in [2.05, 4.69) is 22.4 Å². The summed E-state index contributed by atoms with van der Waals surface area (Å²) in [7, 11) is 0. The van der Waals surface area contributed by atoms with Gasteiger partial charge in [-0.25, -0.2) is 0 Å². The van der Waals surface area contributed by atoms with E-state index in [0.717, 1.165) is 23.3 Å². The Balaban J connectivity index is 1.35. The van der Waals surface area contributed by atoms with Gasteiger partial charge < -0.3 is 15.0 Å². The second-order valence-electron chi connectivity index (χ2n) is 6.32. The maximum Gasteiger partial charge on any atom is 0.220 e. The Morgan fingerprint density at radius 2 is 2.08 bits per heavy atom. The molecule has 1 amide bonds. The molecule has 0 fully saturated rings. The van der Waals surface area contributed by atoms with Gasteiger partial charge in [0.15, 0.2) is 0 Å². The lowest BCUT2D eigenvalue weighted by molar-refractivity contribution is -0.121. The van der Waals surface area contributed by atoms with Gasteiger partial charge in [-0.2, -0.15) is 0 Å². The van der Waals surface area contributed by atoms with Crippen molar-refractivity contribution in [3.8, 4) is 5.75 Å². The number of benzene rings is 2. The van der Waals surface area contributed by atoms with E-state index in [4.69, 9.17) is 16.3 Å². The van der Waals surface area contributed by atoms with E-state index >= 15 is 0 Å². The largest absolute Gasteiger partial charge is 0.493 e. The van der Waals surface area contributed by atoms with Crippen LogP contribution in [-0.2, 0) is 11.2 Å². The highest BCUT2D eigenvalue weighted by Gasteiger charge is 2.05. The zero-order valence-corrected chi connectivity index (χ0v) is 15.6. The smallest absolute Gasteiger partial charge is 0.220 e. The molecule has 0 aliphatic carbocycles. The lowest BCUT2D eigenvalue weighted by Gasteiger charge is -2.09. The third kappa shape index (κ3) is 4.79. The Morgan fingerprint density at radius 3 is 2.92 bits per heavy atom. The molecular formula is C21H23ClN2O2. The molecule has 1 aromatic heterocycles. The number of carbonyl (C=O) groups excluding carboxylic acids is 1. The van der Waals surface area contributed by atoms with E-state index in [1.54, 1.807) is 6.07 Å². The Hall–Kier alpha value is -2.46. The average molecular weight is 371 g/mol. The van der Waals surface area contributed by atoms with Crippen molar-refractivity contribution in [3.63, 3.8) is 0 Å². The van der Waals surface area contributed by atoms with Crippen LogP contribution in [0.5, 0.6) is 5.75 Å². The first kappa shape index (κ1) is 18.3. The molecule has 3 aromatic rings. The van der Waals surface area contributed by atoms with Crippen molar-refractivity contribution in [2.24, 2.45) is 0 Å². The van der Waals surface area contributed by atoms with Gasteiger partial charge in [-0.3, -0.25) is 4.79 Å². The predicted octanol–water partition coefficient (Wildman–Crippen LogP) is 4.65. The number of H-pyrrole nitrogens is 1. The highest BCUT2D eigenvalue weighted by Crippen LogP contribution is 2.22. The van der Waals surface area contributed by atoms with Crippen molar-refractivity contribution in [1.29, 1.82) is 0 Å². The summed E-state index contributed by atoms with van der Waals surface area (Å²) in [5.41, 5.74) is 3.35. The molecule has 3 rings (SSSR count). The van der Waals surface area contributed by atoms with Gasteiger partial charge in [-0.1, -0.05) is 29.8 Å². The minimum absolute atomic E-state index is 0.0567. The topological polar surface area (TPSA) is 54.1 Å². The Morgan fingerprint density at radius 1 is 1.23 bits per heavy atom. The number of aromatic amines is 1. The van der Waals surface area contributed by atoms with Crippen molar-refractivity contribution in [2.45, 2.75) is 26.2 Å². The van der Waals surface area contributed by atoms with E-state index in [1.807, 2.05) is 37.4 Å². The monoisotopic (exact) mass is 370 g/mol. The molecule has 0 aliphatic heterocycles. The number of aryl methyl sites for hydroxylation is 1. The van der Waals surface area contributed by atoms with Gasteiger partial charge in [0.1, 0.15) is 5.75 Å². The van der Waals surface area contributed by atoms with E-state index in [-0.39, 0.29) is 5.91 Å². The summed E-state index contributed by atoms with van der Waals surface area (Å²) in [4.78, 5) is 15.2. The zero-order chi connectivity index (χ0) is 18.4. The van der Waals surface area contributed by atoms with Crippen LogP contribution in [0.25, 0.3) is 10.9 Å². The molecule has 136 valence electrons. The van der Waals surface area contributed by atoms with Gasteiger partial charge in [-0.05, 0) is 55.2 Å². The molecule has 0 unspecified atom stereocenters. The molecular weight excluding hydrogens is 348 g/mol. The van der Waals surface area contributed by atoms with Gasteiger partial charge >= 0.3 is 0 Å². The molecule has 0 spiro atoms. The maximum absolute atomic E-state index is 12.0. The summed E-state index contributed by atoms with van der Waals surface area (Å²) >= 11 is 5.93. The van der Waals surface area contributed by atoms with Crippen molar-refractivity contribution < 1.29 is 9.53 Å².